The zero-order chi connectivity index (χ0) is 13.5. The Bertz CT molecular complexity index is 594. The van der Waals surface area contributed by atoms with Crippen LogP contribution in [0, 0.1) is 6.85 Å². The first-order valence-corrected chi connectivity index (χ1v) is 4.14. The Morgan fingerprint density at radius 3 is 3.23 bits per heavy atom. The fourth-order valence-corrected chi connectivity index (χ4v) is 1.10. The third kappa shape index (κ3) is 1.75. The van der Waals surface area contributed by atoms with Crippen LogP contribution in [0.4, 0.5) is 0 Å². The van der Waals surface area contributed by atoms with Crippen LogP contribution >= 0.6 is 15.9 Å². The van der Waals surface area contributed by atoms with Crippen molar-refractivity contribution in [1.82, 2.24) is 19.7 Å². The summed E-state index contributed by atoms with van der Waals surface area (Å²) in [5, 5.41) is 3.70. The van der Waals surface area contributed by atoms with Gasteiger partial charge in [-0.05, 0) is 28.3 Å². The molecule has 0 N–H and O–H groups in total. The van der Waals surface area contributed by atoms with Crippen molar-refractivity contribution in [2.24, 2.45) is 0 Å². The molecule has 0 aromatic carbocycles. The van der Waals surface area contributed by atoms with Gasteiger partial charge in [-0.15, -0.1) is 0 Å². The minimum absolute atomic E-state index is 0.179. The minimum Gasteiger partial charge on any atom is -0.258 e. The largest absolute Gasteiger partial charge is 0.258 e. The van der Waals surface area contributed by atoms with E-state index in [1.165, 1.54) is 12.4 Å². The Balaban J connectivity index is 2.61. The van der Waals surface area contributed by atoms with Crippen LogP contribution in [0.1, 0.15) is 12.4 Å². The van der Waals surface area contributed by atoms with Crippen LogP contribution in [-0.2, 0) is 0 Å². The summed E-state index contributed by atoms with van der Waals surface area (Å²) in [6, 6.07) is 0. The summed E-state index contributed by atoms with van der Waals surface area (Å²) in [5.41, 5.74) is -0.399. The standard InChI is InChI=1S/C8H7BrN4/c1-6-2-11-13(5-6)8-4-10-3-7(9)12-8/h2-5H,1H3/i1D3,2D,5D. The average molecular weight is 244 g/mol. The minimum atomic E-state index is -2.55. The molecule has 5 heteroatoms. The molecule has 0 saturated heterocycles. The molecule has 0 bridgehead atoms. The summed E-state index contributed by atoms with van der Waals surface area (Å²) in [5.74, 6) is 0.179. The van der Waals surface area contributed by atoms with Crippen molar-refractivity contribution in [1.29, 1.82) is 0 Å². The number of aromatic nitrogens is 4. The van der Waals surface area contributed by atoms with Crippen LogP contribution < -0.4 is 0 Å². The quantitative estimate of drug-likeness (QED) is 0.767. The lowest BCUT2D eigenvalue weighted by Gasteiger charge is -1.98. The van der Waals surface area contributed by atoms with Crippen molar-refractivity contribution in [3.05, 3.63) is 34.9 Å². The summed E-state index contributed by atoms with van der Waals surface area (Å²) >= 11 is 3.11. The van der Waals surface area contributed by atoms with Crippen molar-refractivity contribution in [2.45, 2.75) is 6.85 Å². The van der Waals surface area contributed by atoms with Crippen molar-refractivity contribution in [2.75, 3.05) is 0 Å². The van der Waals surface area contributed by atoms with E-state index in [0.29, 0.717) is 4.60 Å². The predicted molar refractivity (Wildman–Crippen MR) is 51.6 cm³/mol. The Morgan fingerprint density at radius 2 is 2.54 bits per heavy atom. The summed E-state index contributed by atoms with van der Waals surface area (Å²) in [4.78, 5) is 7.86. The van der Waals surface area contributed by atoms with E-state index >= 15 is 0 Å². The van der Waals surface area contributed by atoms with E-state index in [1.54, 1.807) is 0 Å². The molecule has 0 radical (unpaired) electrons. The monoisotopic (exact) mass is 243 g/mol. The van der Waals surface area contributed by atoms with Gasteiger partial charge in [0.2, 0.25) is 0 Å². The van der Waals surface area contributed by atoms with Crippen molar-refractivity contribution in [3.63, 3.8) is 0 Å². The van der Waals surface area contributed by atoms with Gasteiger partial charge in [-0.25, -0.2) is 9.67 Å². The lowest BCUT2D eigenvalue weighted by Crippen LogP contribution is -1.98. The molecule has 0 aliphatic rings. The second-order valence-corrected chi connectivity index (χ2v) is 3.02. The molecular formula is C8H7BrN4. The third-order valence-corrected chi connectivity index (χ3v) is 1.67. The summed E-state index contributed by atoms with van der Waals surface area (Å²) in [6.45, 7) is -2.55. The highest BCUT2D eigenvalue weighted by Crippen LogP contribution is 2.07. The van der Waals surface area contributed by atoms with Gasteiger partial charge in [0, 0.05) is 10.3 Å². The molecule has 4 nitrogen and oxygen atoms in total. The van der Waals surface area contributed by atoms with Crippen molar-refractivity contribution >= 4 is 15.9 Å². The summed E-state index contributed by atoms with van der Waals surface area (Å²) in [7, 11) is 0. The number of hydrogen-bond donors (Lipinski definition) is 0. The van der Waals surface area contributed by atoms with Gasteiger partial charge in [0.1, 0.15) is 4.60 Å². The van der Waals surface area contributed by atoms with E-state index in [0.717, 1.165) is 4.68 Å². The molecule has 0 aliphatic carbocycles. The second kappa shape index (κ2) is 3.26. The van der Waals surface area contributed by atoms with E-state index in [4.69, 9.17) is 6.85 Å². The summed E-state index contributed by atoms with van der Waals surface area (Å²) < 4.78 is 38.5. The number of nitrogens with zero attached hydrogens (tertiary/aromatic N) is 4. The maximum atomic E-state index is 7.77. The number of halogens is 1. The Hall–Kier alpha value is -1.23. The molecule has 66 valence electrons. The third-order valence-electron chi connectivity index (χ3n) is 1.29. The van der Waals surface area contributed by atoms with Gasteiger partial charge < -0.3 is 0 Å². The molecule has 2 aromatic heterocycles. The van der Waals surface area contributed by atoms with Gasteiger partial charge in [-0.2, -0.15) is 5.10 Å². The van der Waals surface area contributed by atoms with Crippen LogP contribution in [0.5, 0.6) is 0 Å². The van der Waals surface area contributed by atoms with Crippen LogP contribution in [0.15, 0.2) is 29.3 Å². The topological polar surface area (TPSA) is 43.6 Å². The SMILES string of the molecule is [2H]c1nn(-c2cncc(Br)n2)c([2H])c1C([2H])([2H])[2H]. The number of rotatable bonds is 1. The van der Waals surface area contributed by atoms with Gasteiger partial charge >= 0.3 is 0 Å². The van der Waals surface area contributed by atoms with Crippen LogP contribution in [-0.4, -0.2) is 19.7 Å². The molecule has 2 heterocycles. The molecule has 2 aromatic rings. The molecule has 0 saturated carbocycles. The average Bonchev–Trinajstić information content (AvgIpc) is 2.53. The molecule has 0 fully saturated rings. The molecule has 13 heavy (non-hydrogen) atoms. The zero-order valence-electron chi connectivity index (χ0n) is 11.3. The van der Waals surface area contributed by atoms with Crippen LogP contribution in [0.25, 0.3) is 5.82 Å². The Morgan fingerprint density at radius 1 is 1.62 bits per heavy atom. The first kappa shape index (κ1) is 4.32. The van der Waals surface area contributed by atoms with E-state index in [9.17, 15) is 0 Å². The van der Waals surface area contributed by atoms with E-state index in [2.05, 4.69) is 31.0 Å². The normalized spacial score (nSPS) is 16.8. The first-order chi connectivity index (χ1) is 8.30. The van der Waals surface area contributed by atoms with Crippen molar-refractivity contribution < 1.29 is 6.85 Å². The zero-order valence-corrected chi connectivity index (χ0v) is 7.91. The fourth-order valence-electron chi connectivity index (χ4n) is 0.799. The Kier molecular flexibility index (Phi) is 1.08. The van der Waals surface area contributed by atoms with E-state index < -0.39 is 18.6 Å². The highest BCUT2D eigenvalue weighted by Gasteiger charge is 1.99. The molecule has 0 spiro atoms. The van der Waals surface area contributed by atoms with Gasteiger partial charge in [0.15, 0.2) is 5.82 Å². The molecule has 0 unspecified atom stereocenters. The molecule has 0 aliphatic heterocycles. The van der Waals surface area contributed by atoms with E-state index in [-0.39, 0.29) is 12.0 Å². The van der Waals surface area contributed by atoms with Crippen LogP contribution in [0.2, 0.25) is 0 Å². The molecule has 2 rings (SSSR count). The highest BCUT2D eigenvalue weighted by molar-refractivity contribution is 9.10. The van der Waals surface area contributed by atoms with E-state index in [1.807, 2.05) is 0 Å². The smallest absolute Gasteiger partial charge is 0.172 e. The van der Waals surface area contributed by atoms with Crippen molar-refractivity contribution in [3.8, 4) is 5.82 Å². The maximum Gasteiger partial charge on any atom is 0.172 e. The highest BCUT2D eigenvalue weighted by atomic mass is 79.9. The molecular weight excluding hydrogens is 232 g/mol. The number of hydrogen-bond acceptors (Lipinski definition) is 3. The lowest BCUT2D eigenvalue weighted by molar-refractivity contribution is 0.833. The first-order valence-electron chi connectivity index (χ1n) is 5.85. The molecule has 0 amide bonds. The maximum absolute atomic E-state index is 7.77. The fraction of sp³-hybridized carbons (Fsp3) is 0.125. The van der Waals surface area contributed by atoms with Gasteiger partial charge in [-0.1, -0.05) is 0 Å². The molecule has 0 atom stereocenters. The van der Waals surface area contributed by atoms with Gasteiger partial charge in [0.05, 0.1) is 21.3 Å². The predicted octanol–water partition coefficient (Wildman–Crippen LogP) is 1.73. The van der Waals surface area contributed by atoms with Gasteiger partial charge in [-0.3, -0.25) is 4.98 Å². The Labute approximate surface area is 90.8 Å². The summed E-state index contributed by atoms with van der Waals surface area (Å²) in [6.07, 6.45) is 1.94. The second-order valence-electron chi connectivity index (χ2n) is 2.21. The van der Waals surface area contributed by atoms with Gasteiger partial charge in [0.25, 0.3) is 0 Å². The lowest BCUT2D eigenvalue weighted by atomic mass is 10.4. The van der Waals surface area contributed by atoms with Crippen LogP contribution in [0.3, 0.4) is 0 Å².